The Labute approximate surface area is 89.4 Å². The zero-order chi connectivity index (χ0) is 13.1. The molecule has 0 amide bonds. The molecule has 0 aromatic carbocycles. The molecular formula is C9H11F3O4. The van der Waals surface area contributed by atoms with E-state index in [9.17, 15) is 22.8 Å². The third kappa shape index (κ3) is 4.33. The van der Waals surface area contributed by atoms with E-state index in [2.05, 4.69) is 0 Å². The van der Waals surface area contributed by atoms with Gasteiger partial charge in [-0.05, 0) is 5.92 Å². The molecule has 7 heteroatoms. The van der Waals surface area contributed by atoms with Crippen LogP contribution in [0.5, 0.6) is 0 Å². The Morgan fingerprint density at radius 3 is 1.75 bits per heavy atom. The summed E-state index contributed by atoms with van der Waals surface area (Å²) in [7, 11) is 0. The number of halogens is 3. The molecule has 0 fully saturated rings. The average molecular weight is 240 g/mol. The number of carboxylic acids is 2. The van der Waals surface area contributed by atoms with Gasteiger partial charge in [0, 0.05) is 0 Å². The molecule has 0 saturated carbocycles. The van der Waals surface area contributed by atoms with E-state index in [1.165, 1.54) is 13.8 Å². The molecule has 0 aliphatic carbocycles. The highest BCUT2D eigenvalue weighted by Gasteiger charge is 2.35. The summed E-state index contributed by atoms with van der Waals surface area (Å²) < 4.78 is 36.2. The maximum absolute atomic E-state index is 12.1. The Hall–Kier alpha value is -1.53. The fourth-order valence-corrected chi connectivity index (χ4v) is 1.21. The molecule has 92 valence electrons. The van der Waals surface area contributed by atoms with Crippen molar-refractivity contribution in [1.29, 1.82) is 0 Å². The lowest BCUT2D eigenvalue weighted by molar-refractivity contribution is -0.144. The summed E-state index contributed by atoms with van der Waals surface area (Å²) in [6.45, 7) is 2.64. The van der Waals surface area contributed by atoms with Crippen molar-refractivity contribution in [2.45, 2.75) is 26.4 Å². The Kier molecular flexibility index (Phi) is 4.52. The van der Waals surface area contributed by atoms with Gasteiger partial charge in [-0.25, -0.2) is 9.59 Å². The van der Waals surface area contributed by atoms with Crippen LogP contribution in [0.4, 0.5) is 13.2 Å². The van der Waals surface area contributed by atoms with E-state index >= 15 is 0 Å². The van der Waals surface area contributed by atoms with Crippen LogP contribution >= 0.6 is 0 Å². The van der Waals surface area contributed by atoms with Crippen LogP contribution in [0.1, 0.15) is 20.3 Å². The molecule has 0 aliphatic heterocycles. The summed E-state index contributed by atoms with van der Waals surface area (Å²) in [5.41, 5.74) is -1.83. The molecule has 2 N–H and O–H groups in total. The van der Waals surface area contributed by atoms with E-state index in [0.29, 0.717) is 0 Å². The maximum Gasteiger partial charge on any atom is 0.393 e. The summed E-state index contributed by atoms with van der Waals surface area (Å²) in [6.07, 6.45) is -6.49. The number of alkyl halides is 3. The van der Waals surface area contributed by atoms with Gasteiger partial charge in [-0.1, -0.05) is 13.8 Å². The van der Waals surface area contributed by atoms with Crippen LogP contribution in [0.15, 0.2) is 11.1 Å². The number of aliphatic carboxylic acids is 2. The average Bonchev–Trinajstić information content (AvgIpc) is 1.98. The van der Waals surface area contributed by atoms with Gasteiger partial charge in [0.25, 0.3) is 0 Å². The quantitative estimate of drug-likeness (QED) is 0.737. The van der Waals surface area contributed by atoms with Crippen LogP contribution < -0.4 is 0 Å². The molecule has 0 heterocycles. The van der Waals surface area contributed by atoms with Crippen molar-refractivity contribution in [2.24, 2.45) is 5.92 Å². The summed E-state index contributed by atoms with van der Waals surface area (Å²) in [5, 5.41) is 17.3. The van der Waals surface area contributed by atoms with Gasteiger partial charge in [-0.3, -0.25) is 0 Å². The van der Waals surface area contributed by atoms with Gasteiger partial charge in [-0.2, -0.15) is 13.2 Å². The van der Waals surface area contributed by atoms with E-state index in [4.69, 9.17) is 10.2 Å². The van der Waals surface area contributed by atoms with E-state index in [0.717, 1.165) is 0 Å². The lowest BCUT2D eigenvalue weighted by Gasteiger charge is -2.13. The molecule has 0 aliphatic rings. The van der Waals surface area contributed by atoms with Gasteiger partial charge in [0.15, 0.2) is 0 Å². The Balaban J connectivity index is 5.51. The molecule has 0 aromatic rings. The molecule has 0 spiro atoms. The summed E-state index contributed by atoms with van der Waals surface area (Å²) >= 11 is 0. The van der Waals surface area contributed by atoms with Crippen molar-refractivity contribution in [3.63, 3.8) is 0 Å². The molecule has 16 heavy (non-hydrogen) atoms. The second-order valence-electron chi connectivity index (χ2n) is 3.45. The lowest BCUT2D eigenvalue weighted by Crippen LogP contribution is -2.20. The highest BCUT2D eigenvalue weighted by molar-refractivity contribution is 5.99. The van der Waals surface area contributed by atoms with Crippen molar-refractivity contribution >= 4 is 11.9 Å². The minimum absolute atomic E-state index is 0.718. The Bertz CT molecular complexity index is 328. The Morgan fingerprint density at radius 1 is 1.12 bits per heavy atom. The second-order valence-corrected chi connectivity index (χ2v) is 3.45. The Morgan fingerprint density at radius 2 is 1.56 bits per heavy atom. The van der Waals surface area contributed by atoms with E-state index in [1.807, 2.05) is 0 Å². The first kappa shape index (κ1) is 14.5. The molecule has 0 saturated heterocycles. The van der Waals surface area contributed by atoms with Crippen LogP contribution in [0.3, 0.4) is 0 Å². The predicted octanol–water partition coefficient (Wildman–Crippen LogP) is 2.06. The molecule has 0 radical (unpaired) electrons. The lowest BCUT2D eigenvalue weighted by atomic mass is 9.95. The van der Waals surface area contributed by atoms with Gasteiger partial charge in [-0.15, -0.1) is 0 Å². The number of rotatable bonds is 4. The summed E-state index contributed by atoms with van der Waals surface area (Å²) in [6, 6.07) is 0. The third-order valence-electron chi connectivity index (χ3n) is 1.77. The highest BCUT2D eigenvalue weighted by Crippen LogP contribution is 2.28. The van der Waals surface area contributed by atoms with E-state index < -0.39 is 41.6 Å². The first-order valence-corrected chi connectivity index (χ1v) is 4.32. The van der Waals surface area contributed by atoms with Crippen molar-refractivity contribution in [2.75, 3.05) is 0 Å². The number of hydrogen-bond donors (Lipinski definition) is 2. The zero-order valence-corrected chi connectivity index (χ0v) is 8.63. The highest BCUT2D eigenvalue weighted by atomic mass is 19.4. The largest absolute Gasteiger partial charge is 0.478 e. The maximum atomic E-state index is 12.1. The third-order valence-corrected chi connectivity index (χ3v) is 1.77. The zero-order valence-electron chi connectivity index (χ0n) is 8.63. The smallest absolute Gasteiger partial charge is 0.393 e. The van der Waals surface area contributed by atoms with Crippen molar-refractivity contribution in [3.05, 3.63) is 11.1 Å². The normalized spacial score (nSPS) is 13.6. The molecule has 0 aromatic heterocycles. The fraction of sp³-hybridized carbons (Fsp3) is 0.556. The van der Waals surface area contributed by atoms with Crippen LogP contribution in [0.25, 0.3) is 0 Å². The fourth-order valence-electron chi connectivity index (χ4n) is 1.21. The second kappa shape index (κ2) is 5.00. The SMILES string of the molecule is CC(C)C(C(=O)O)=C(CC(F)(F)F)C(=O)O. The summed E-state index contributed by atoms with van der Waals surface area (Å²) in [4.78, 5) is 21.3. The topological polar surface area (TPSA) is 74.6 Å². The van der Waals surface area contributed by atoms with Crippen molar-refractivity contribution in [1.82, 2.24) is 0 Å². The van der Waals surface area contributed by atoms with Crippen LogP contribution in [-0.4, -0.2) is 28.3 Å². The standard InChI is InChI=1S/C9H11F3O4/c1-4(2)6(8(15)16)5(7(13)14)3-9(10,11)12/h4H,3H2,1-2H3,(H,13,14)(H,15,16). The number of carbonyl (C=O) groups is 2. The van der Waals surface area contributed by atoms with Crippen LogP contribution in [0.2, 0.25) is 0 Å². The van der Waals surface area contributed by atoms with E-state index in [-0.39, 0.29) is 0 Å². The molecular weight excluding hydrogens is 229 g/mol. The number of hydrogen-bond acceptors (Lipinski definition) is 2. The van der Waals surface area contributed by atoms with Gasteiger partial charge < -0.3 is 10.2 Å². The van der Waals surface area contributed by atoms with Crippen molar-refractivity contribution in [3.8, 4) is 0 Å². The van der Waals surface area contributed by atoms with Gasteiger partial charge in [0.2, 0.25) is 0 Å². The van der Waals surface area contributed by atoms with Gasteiger partial charge >= 0.3 is 18.1 Å². The number of carboxylic acid groups (broad SMARTS) is 2. The van der Waals surface area contributed by atoms with Crippen LogP contribution in [-0.2, 0) is 9.59 Å². The minimum Gasteiger partial charge on any atom is -0.478 e. The monoisotopic (exact) mass is 240 g/mol. The predicted molar refractivity (Wildman–Crippen MR) is 47.8 cm³/mol. The molecule has 4 nitrogen and oxygen atoms in total. The van der Waals surface area contributed by atoms with Gasteiger partial charge in [0.1, 0.15) is 0 Å². The molecule has 0 bridgehead atoms. The van der Waals surface area contributed by atoms with Crippen LogP contribution in [0, 0.1) is 5.92 Å². The first-order chi connectivity index (χ1) is 7.06. The van der Waals surface area contributed by atoms with E-state index in [1.54, 1.807) is 0 Å². The molecule has 0 unspecified atom stereocenters. The van der Waals surface area contributed by atoms with Gasteiger partial charge in [0.05, 0.1) is 17.6 Å². The first-order valence-electron chi connectivity index (χ1n) is 4.32. The van der Waals surface area contributed by atoms with Crippen molar-refractivity contribution < 1.29 is 33.0 Å². The molecule has 0 rings (SSSR count). The molecule has 0 atom stereocenters. The summed E-state index contributed by atoms with van der Waals surface area (Å²) in [5.74, 6) is -4.30. The minimum atomic E-state index is -4.75.